The monoisotopic (exact) mass is 359 g/mol. The quantitative estimate of drug-likeness (QED) is 0.754. The molecule has 0 spiro atoms. The molecule has 4 rings (SSSR count). The highest BCUT2D eigenvalue weighted by molar-refractivity contribution is 6.32. The van der Waals surface area contributed by atoms with E-state index in [4.69, 9.17) is 22.3 Å². The van der Waals surface area contributed by atoms with Crippen LogP contribution in [0.5, 0.6) is 0 Å². The summed E-state index contributed by atoms with van der Waals surface area (Å²) >= 11 is 6.14. The van der Waals surface area contributed by atoms with Crippen molar-refractivity contribution in [3.63, 3.8) is 0 Å². The second-order valence-corrected chi connectivity index (χ2v) is 7.57. The summed E-state index contributed by atoms with van der Waals surface area (Å²) < 4.78 is 1.86. The van der Waals surface area contributed by atoms with Crippen molar-refractivity contribution in [2.24, 2.45) is 5.73 Å². The number of halogens is 1. The first kappa shape index (κ1) is 16.4. The van der Waals surface area contributed by atoms with Crippen LogP contribution in [0, 0.1) is 0 Å². The van der Waals surface area contributed by atoms with Crippen molar-refractivity contribution in [3.8, 4) is 0 Å². The van der Waals surface area contributed by atoms with Crippen LogP contribution >= 0.6 is 11.6 Å². The number of rotatable bonds is 3. The Labute approximate surface area is 150 Å². The molecule has 0 bridgehead atoms. The van der Waals surface area contributed by atoms with Gasteiger partial charge < -0.3 is 10.6 Å². The number of benzene rings is 1. The SMILES string of the molecule is CCN1CCC(C)(c2c[nH]n3c2nc2cc(Cl)cc(C(N)=O)c23)CC1. The zero-order valence-corrected chi connectivity index (χ0v) is 15.2. The van der Waals surface area contributed by atoms with E-state index in [2.05, 4.69) is 23.8 Å². The number of fused-ring (bicyclic) bond motifs is 3. The van der Waals surface area contributed by atoms with Gasteiger partial charge in [0.2, 0.25) is 0 Å². The van der Waals surface area contributed by atoms with E-state index in [0.717, 1.165) is 38.1 Å². The summed E-state index contributed by atoms with van der Waals surface area (Å²) in [5.41, 5.74) is 9.40. The van der Waals surface area contributed by atoms with E-state index < -0.39 is 5.91 Å². The lowest BCUT2D eigenvalue weighted by molar-refractivity contribution is 0.100. The molecule has 3 heterocycles. The van der Waals surface area contributed by atoms with Gasteiger partial charge in [-0.1, -0.05) is 25.4 Å². The summed E-state index contributed by atoms with van der Waals surface area (Å²) in [6.07, 6.45) is 4.19. The summed E-state index contributed by atoms with van der Waals surface area (Å²) in [5.74, 6) is -0.507. The van der Waals surface area contributed by atoms with Crippen molar-refractivity contribution in [3.05, 3.63) is 34.5 Å². The topological polar surface area (TPSA) is 79.4 Å². The third kappa shape index (κ3) is 2.51. The molecule has 6 nitrogen and oxygen atoms in total. The molecular weight excluding hydrogens is 338 g/mol. The van der Waals surface area contributed by atoms with Crippen molar-refractivity contribution < 1.29 is 4.79 Å². The molecule has 3 N–H and O–H groups in total. The molecule has 0 aliphatic carbocycles. The van der Waals surface area contributed by atoms with E-state index in [0.29, 0.717) is 21.6 Å². The van der Waals surface area contributed by atoms with E-state index in [1.807, 2.05) is 10.7 Å². The predicted octanol–water partition coefficient (Wildman–Crippen LogP) is 2.94. The fourth-order valence-electron chi connectivity index (χ4n) is 3.94. The minimum Gasteiger partial charge on any atom is -0.366 e. The summed E-state index contributed by atoms with van der Waals surface area (Å²) in [6, 6.07) is 3.37. The van der Waals surface area contributed by atoms with Gasteiger partial charge in [0.05, 0.1) is 11.1 Å². The number of piperidine rings is 1. The normalized spacial score (nSPS) is 18.2. The average molecular weight is 360 g/mol. The Morgan fingerprint density at radius 3 is 2.76 bits per heavy atom. The molecule has 25 heavy (non-hydrogen) atoms. The number of aromatic amines is 1. The lowest BCUT2D eigenvalue weighted by Gasteiger charge is -2.38. The van der Waals surface area contributed by atoms with Crippen LogP contribution in [0.1, 0.15) is 42.6 Å². The molecule has 1 amide bonds. The van der Waals surface area contributed by atoms with E-state index in [1.165, 1.54) is 5.56 Å². The first-order valence-electron chi connectivity index (χ1n) is 8.64. The number of carbonyl (C=O) groups is 1. The Hall–Kier alpha value is -2.05. The van der Waals surface area contributed by atoms with Gasteiger partial charge in [-0.3, -0.25) is 9.89 Å². The van der Waals surface area contributed by atoms with Gasteiger partial charge in [0.15, 0.2) is 5.65 Å². The first-order chi connectivity index (χ1) is 11.9. The maximum absolute atomic E-state index is 11.9. The van der Waals surface area contributed by atoms with Gasteiger partial charge in [0.1, 0.15) is 5.52 Å². The van der Waals surface area contributed by atoms with Gasteiger partial charge in [-0.15, -0.1) is 0 Å². The standard InChI is InChI=1S/C18H22ClN5O/c1-3-23-6-4-18(2,5-7-23)13-10-21-24-15-12(16(20)25)8-11(19)9-14(15)22-17(13)24/h8-10,21H,3-7H2,1-2H3,(H2,20,25). The highest BCUT2D eigenvalue weighted by Gasteiger charge is 2.34. The molecular formula is C18H22ClN5O. The Balaban J connectivity index is 1.88. The second kappa shape index (κ2) is 5.75. The molecule has 7 heteroatoms. The Morgan fingerprint density at radius 2 is 2.12 bits per heavy atom. The molecule has 1 fully saturated rings. The molecule has 0 radical (unpaired) electrons. The molecule has 1 aliphatic rings. The number of imidazole rings is 1. The lowest BCUT2D eigenvalue weighted by Crippen LogP contribution is -2.40. The summed E-state index contributed by atoms with van der Waals surface area (Å²) in [7, 11) is 0. The van der Waals surface area contributed by atoms with Crippen molar-refractivity contribution in [1.82, 2.24) is 19.5 Å². The van der Waals surface area contributed by atoms with Crippen LogP contribution in [-0.2, 0) is 5.41 Å². The summed E-state index contributed by atoms with van der Waals surface area (Å²) in [4.78, 5) is 19.1. The average Bonchev–Trinajstić information content (AvgIpc) is 3.13. The van der Waals surface area contributed by atoms with Crippen LogP contribution in [-0.4, -0.2) is 45.0 Å². The number of amides is 1. The fourth-order valence-corrected chi connectivity index (χ4v) is 4.15. The van der Waals surface area contributed by atoms with Crippen LogP contribution in [0.2, 0.25) is 5.02 Å². The van der Waals surface area contributed by atoms with E-state index in [9.17, 15) is 4.79 Å². The molecule has 1 aromatic carbocycles. The first-order valence-corrected chi connectivity index (χ1v) is 9.02. The molecule has 0 saturated carbocycles. The lowest BCUT2D eigenvalue weighted by atomic mass is 9.75. The molecule has 0 atom stereocenters. The number of nitrogens with zero attached hydrogens (tertiary/aromatic N) is 3. The minimum atomic E-state index is -0.507. The summed E-state index contributed by atoms with van der Waals surface area (Å²) in [5, 5.41) is 3.73. The number of nitrogens with two attached hydrogens (primary N) is 1. The number of hydrogen-bond donors (Lipinski definition) is 2. The van der Waals surface area contributed by atoms with Crippen LogP contribution in [0.25, 0.3) is 16.7 Å². The number of hydrogen-bond acceptors (Lipinski definition) is 3. The Bertz CT molecular complexity index is 965. The highest BCUT2D eigenvalue weighted by Crippen LogP contribution is 2.38. The molecule has 132 valence electrons. The van der Waals surface area contributed by atoms with Gasteiger partial charge in [-0.05, 0) is 44.6 Å². The van der Waals surface area contributed by atoms with E-state index >= 15 is 0 Å². The molecule has 0 unspecified atom stereocenters. The maximum atomic E-state index is 11.9. The van der Waals surface area contributed by atoms with Crippen LogP contribution in [0.15, 0.2) is 18.3 Å². The van der Waals surface area contributed by atoms with Gasteiger partial charge in [-0.2, -0.15) is 0 Å². The molecule has 1 aliphatic heterocycles. The Morgan fingerprint density at radius 1 is 1.40 bits per heavy atom. The number of nitrogens with one attached hydrogen (secondary N) is 1. The predicted molar refractivity (Wildman–Crippen MR) is 99.3 cm³/mol. The van der Waals surface area contributed by atoms with Crippen molar-refractivity contribution in [1.29, 1.82) is 0 Å². The van der Waals surface area contributed by atoms with Crippen molar-refractivity contribution in [2.75, 3.05) is 19.6 Å². The van der Waals surface area contributed by atoms with Gasteiger partial charge in [0, 0.05) is 22.2 Å². The Kier molecular flexibility index (Phi) is 3.77. The van der Waals surface area contributed by atoms with Gasteiger partial charge >= 0.3 is 0 Å². The van der Waals surface area contributed by atoms with Crippen LogP contribution < -0.4 is 5.73 Å². The van der Waals surface area contributed by atoms with Gasteiger partial charge in [0.25, 0.3) is 5.91 Å². The molecule has 1 saturated heterocycles. The van der Waals surface area contributed by atoms with E-state index in [1.54, 1.807) is 12.1 Å². The van der Waals surface area contributed by atoms with Crippen molar-refractivity contribution >= 4 is 34.2 Å². The third-order valence-electron chi connectivity index (χ3n) is 5.62. The number of aromatic nitrogens is 3. The maximum Gasteiger partial charge on any atom is 0.251 e. The third-order valence-corrected chi connectivity index (χ3v) is 5.84. The smallest absolute Gasteiger partial charge is 0.251 e. The summed E-state index contributed by atoms with van der Waals surface area (Å²) in [6.45, 7) is 7.76. The molecule has 2 aromatic heterocycles. The number of H-pyrrole nitrogens is 1. The van der Waals surface area contributed by atoms with Crippen LogP contribution in [0.4, 0.5) is 0 Å². The number of carbonyl (C=O) groups excluding carboxylic acids is 1. The zero-order chi connectivity index (χ0) is 17.8. The fraction of sp³-hybridized carbons (Fsp3) is 0.444. The number of primary amides is 1. The van der Waals surface area contributed by atoms with Crippen LogP contribution in [0.3, 0.4) is 0 Å². The van der Waals surface area contributed by atoms with E-state index in [-0.39, 0.29) is 5.41 Å². The zero-order valence-electron chi connectivity index (χ0n) is 14.5. The van der Waals surface area contributed by atoms with Crippen molar-refractivity contribution in [2.45, 2.75) is 32.1 Å². The minimum absolute atomic E-state index is 0.0605. The molecule has 3 aromatic rings. The second-order valence-electron chi connectivity index (χ2n) is 7.14. The highest BCUT2D eigenvalue weighted by atomic mass is 35.5. The van der Waals surface area contributed by atoms with Gasteiger partial charge in [-0.25, -0.2) is 9.50 Å². The largest absolute Gasteiger partial charge is 0.366 e. The number of likely N-dealkylation sites (tertiary alicyclic amines) is 1.